The highest BCUT2D eigenvalue weighted by atomic mass is 16.6. The molecule has 9 heteroatoms. The first-order valence-corrected chi connectivity index (χ1v) is 11.5. The number of carbonyl (C=O) groups is 1. The van der Waals surface area contributed by atoms with Crippen LogP contribution >= 0.6 is 0 Å². The Morgan fingerprint density at radius 2 is 2.03 bits per heavy atom. The number of H-pyrrole nitrogens is 1. The maximum atomic E-state index is 13.6. The smallest absolute Gasteiger partial charge is 0.410 e. The highest BCUT2D eigenvalue weighted by Gasteiger charge is 2.48. The zero-order valence-corrected chi connectivity index (χ0v) is 19.2. The van der Waals surface area contributed by atoms with Gasteiger partial charge in [-0.3, -0.25) is 9.89 Å². The third-order valence-corrected chi connectivity index (χ3v) is 6.86. The van der Waals surface area contributed by atoms with Crippen LogP contribution in [0.15, 0.2) is 10.9 Å². The van der Waals surface area contributed by atoms with Crippen LogP contribution < -0.4 is 5.56 Å². The van der Waals surface area contributed by atoms with Crippen molar-refractivity contribution in [2.24, 2.45) is 0 Å². The molecular weight excluding hydrogens is 410 g/mol. The van der Waals surface area contributed by atoms with Gasteiger partial charge in [-0.2, -0.15) is 9.50 Å². The minimum atomic E-state index is -0.521. The molecule has 1 N–H and O–H groups in total. The molecule has 1 fully saturated rings. The zero-order valence-electron chi connectivity index (χ0n) is 19.2. The van der Waals surface area contributed by atoms with E-state index in [2.05, 4.69) is 17.0 Å². The lowest BCUT2D eigenvalue weighted by molar-refractivity contribution is 0.0161. The van der Waals surface area contributed by atoms with Gasteiger partial charge in [-0.1, -0.05) is 13.0 Å². The first kappa shape index (κ1) is 21.2. The molecule has 1 unspecified atom stereocenters. The van der Waals surface area contributed by atoms with Gasteiger partial charge in [0.15, 0.2) is 5.82 Å². The molecule has 0 saturated carbocycles. The van der Waals surface area contributed by atoms with Crippen LogP contribution in [0.2, 0.25) is 0 Å². The second-order valence-electron chi connectivity index (χ2n) is 10.3. The van der Waals surface area contributed by atoms with E-state index in [4.69, 9.17) is 14.5 Å². The van der Waals surface area contributed by atoms with Crippen LogP contribution in [0, 0.1) is 0 Å². The second-order valence-corrected chi connectivity index (χ2v) is 10.3. The Hall–Kier alpha value is -2.68. The van der Waals surface area contributed by atoms with Crippen LogP contribution in [0.3, 0.4) is 0 Å². The van der Waals surface area contributed by atoms with Gasteiger partial charge in [0.05, 0.1) is 18.9 Å². The predicted molar refractivity (Wildman–Crippen MR) is 119 cm³/mol. The fourth-order valence-electron chi connectivity index (χ4n) is 5.36. The van der Waals surface area contributed by atoms with Crippen molar-refractivity contribution >= 4 is 17.4 Å². The maximum Gasteiger partial charge on any atom is 0.410 e. The monoisotopic (exact) mass is 441 g/mol. The van der Waals surface area contributed by atoms with Gasteiger partial charge in [0.1, 0.15) is 5.60 Å². The van der Waals surface area contributed by atoms with Crippen LogP contribution in [-0.4, -0.2) is 62.5 Å². The quantitative estimate of drug-likeness (QED) is 0.730. The molecule has 5 rings (SSSR count). The molecule has 2 aromatic heterocycles. The number of hydrogen-bond donors (Lipinski definition) is 1. The fourth-order valence-corrected chi connectivity index (χ4v) is 5.36. The summed E-state index contributed by atoms with van der Waals surface area (Å²) < 4.78 is 12.4. The summed E-state index contributed by atoms with van der Waals surface area (Å²) >= 11 is 0. The van der Waals surface area contributed by atoms with E-state index in [1.165, 1.54) is 4.52 Å². The van der Waals surface area contributed by atoms with Gasteiger partial charge >= 0.3 is 6.09 Å². The van der Waals surface area contributed by atoms with Crippen molar-refractivity contribution in [3.63, 3.8) is 0 Å². The van der Waals surface area contributed by atoms with Crippen molar-refractivity contribution in [1.82, 2.24) is 24.5 Å². The van der Waals surface area contributed by atoms with E-state index in [0.717, 1.165) is 42.5 Å². The number of rotatable bonds is 1. The largest absolute Gasteiger partial charge is 0.444 e. The number of aromatic amines is 1. The standard InChI is InChI=1S/C23H31N5O4/c1-14-13-23(7-9-27(10-8-23)21(30)32-22(2,3)4)16-17(14)24-20-25-18(26-28(20)19(16)29)15-5-11-31-12-6-15/h5,14H,6-13H2,1-4H3,(H,24,25,26). The van der Waals surface area contributed by atoms with E-state index in [1.807, 2.05) is 26.8 Å². The molecular formula is C23H31N5O4. The fraction of sp³-hybridized carbons (Fsp3) is 0.652. The molecule has 0 bridgehead atoms. The lowest BCUT2D eigenvalue weighted by Gasteiger charge is -2.40. The van der Waals surface area contributed by atoms with Gasteiger partial charge in [-0.25, -0.2) is 9.78 Å². The Labute approximate surface area is 186 Å². The molecule has 0 aromatic carbocycles. The number of piperidine rings is 1. The third kappa shape index (κ3) is 3.52. The molecule has 9 nitrogen and oxygen atoms in total. The maximum absolute atomic E-state index is 13.6. The summed E-state index contributed by atoms with van der Waals surface area (Å²) in [7, 11) is 0. The number of nitrogens with one attached hydrogen (secondary N) is 1. The van der Waals surface area contributed by atoms with Crippen molar-refractivity contribution < 1.29 is 14.3 Å². The van der Waals surface area contributed by atoms with E-state index in [1.54, 1.807) is 4.90 Å². The first-order chi connectivity index (χ1) is 15.2. The summed E-state index contributed by atoms with van der Waals surface area (Å²) in [5, 5.41) is 3.18. The summed E-state index contributed by atoms with van der Waals surface area (Å²) in [6, 6.07) is 0. The van der Waals surface area contributed by atoms with E-state index in [9.17, 15) is 9.59 Å². The predicted octanol–water partition coefficient (Wildman–Crippen LogP) is 3.00. The molecule has 4 heterocycles. The Morgan fingerprint density at radius 1 is 1.28 bits per heavy atom. The van der Waals surface area contributed by atoms with Crippen molar-refractivity contribution in [2.75, 3.05) is 26.3 Å². The average molecular weight is 442 g/mol. The highest BCUT2D eigenvalue weighted by Crippen LogP contribution is 2.49. The summed E-state index contributed by atoms with van der Waals surface area (Å²) in [6.45, 7) is 10.1. The van der Waals surface area contributed by atoms with Crippen molar-refractivity contribution in [3.8, 4) is 0 Å². The van der Waals surface area contributed by atoms with Crippen LogP contribution in [0.5, 0.6) is 0 Å². The van der Waals surface area contributed by atoms with E-state index >= 15 is 0 Å². The molecule has 2 aliphatic heterocycles. The molecule has 1 spiro atoms. The molecule has 3 aliphatic rings. The number of likely N-dealkylation sites (tertiary alicyclic amines) is 1. The number of aromatic nitrogens is 4. The normalized spacial score (nSPS) is 22.8. The number of fused-ring (bicyclic) bond motifs is 3. The van der Waals surface area contributed by atoms with Crippen molar-refractivity contribution in [2.45, 2.75) is 70.3 Å². The van der Waals surface area contributed by atoms with Crippen LogP contribution in [0.4, 0.5) is 4.79 Å². The van der Waals surface area contributed by atoms with E-state index in [0.29, 0.717) is 37.9 Å². The van der Waals surface area contributed by atoms with Crippen LogP contribution in [0.1, 0.15) is 76.4 Å². The SMILES string of the molecule is CC1CC2(CCN(C(=O)OC(C)(C)C)CC2)c2c1nc1nc(C3=CCOCC3)[nH]n1c2=O. The van der Waals surface area contributed by atoms with Crippen LogP contribution in [-0.2, 0) is 14.9 Å². The van der Waals surface area contributed by atoms with Gasteiger partial charge in [-0.05, 0) is 57.9 Å². The zero-order chi connectivity index (χ0) is 22.7. The Balaban J connectivity index is 1.47. The summed E-state index contributed by atoms with van der Waals surface area (Å²) in [5.41, 5.74) is 1.86. The topological polar surface area (TPSA) is 102 Å². The molecule has 0 radical (unpaired) electrons. The second kappa shape index (κ2) is 7.43. The lowest BCUT2D eigenvalue weighted by atomic mass is 9.74. The lowest BCUT2D eigenvalue weighted by Crippen LogP contribution is -2.47. The number of hydrogen-bond acceptors (Lipinski definition) is 6. The van der Waals surface area contributed by atoms with Crippen molar-refractivity contribution in [1.29, 1.82) is 0 Å². The Bertz CT molecular complexity index is 1150. The minimum Gasteiger partial charge on any atom is -0.444 e. The molecule has 1 amide bonds. The molecule has 1 aliphatic carbocycles. The van der Waals surface area contributed by atoms with Gasteiger partial charge in [0.2, 0.25) is 0 Å². The summed E-state index contributed by atoms with van der Waals surface area (Å²) in [4.78, 5) is 37.4. The van der Waals surface area contributed by atoms with E-state index < -0.39 is 5.60 Å². The van der Waals surface area contributed by atoms with Gasteiger partial charge < -0.3 is 14.4 Å². The van der Waals surface area contributed by atoms with Crippen LogP contribution in [0.25, 0.3) is 11.4 Å². The van der Waals surface area contributed by atoms with Gasteiger partial charge in [0.25, 0.3) is 11.3 Å². The number of ether oxygens (including phenoxy) is 2. The molecule has 2 aromatic rings. The summed E-state index contributed by atoms with van der Waals surface area (Å²) in [6.07, 6.45) is 4.80. The molecule has 1 atom stereocenters. The Morgan fingerprint density at radius 3 is 2.69 bits per heavy atom. The number of nitrogens with zero attached hydrogens (tertiary/aromatic N) is 4. The first-order valence-electron chi connectivity index (χ1n) is 11.5. The minimum absolute atomic E-state index is 0.0634. The van der Waals surface area contributed by atoms with Gasteiger partial charge in [0, 0.05) is 24.1 Å². The van der Waals surface area contributed by atoms with Gasteiger partial charge in [-0.15, -0.1) is 0 Å². The number of carbonyl (C=O) groups excluding carboxylic acids is 1. The number of amides is 1. The van der Waals surface area contributed by atoms with E-state index in [-0.39, 0.29) is 23.0 Å². The molecule has 1 saturated heterocycles. The van der Waals surface area contributed by atoms with Crippen molar-refractivity contribution in [3.05, 3.63) is 33.5 Å². The average Bonchev–Trinajstić information content (AvgIpc) is 3.28. The Kier molecular flexibility index (Phi) is 4.92. The highest BCUT2D eigenvalue weighted by molar-refractivity contribution is 5.68. The third-order valence-electron chi connectivity index (χ3n) is 6.86. The summed E-state index contributed by atoms with van der Waals surface area (Å²) in [5.74, 6) is 1.28. The molecule has 172 valence electrons. The molecule has 32 heavy (non-hydrogen) atoms.